The van der Waals surface area contributed by atoms with Crippen molar-refractivity contribution >= 4 is 11.8 Å². The Labute approximate surface area is 159 Å². The van der Waals surface area contributed by atoms with Gasteiger partial charge in [0.15, 0.2) is 11.5 Å². The Balaban J connectivity index is 1.49. The van der Waals surface area contributed by atoms with Gasteiger partial charge in [-0.1, -0.05) is 6.07 Å². The van der Waals surface area contributed by atoms with E-state index in [1.54, 1.807) is 20.4 Å². The number of hydrogen-bond donors (Lipinski definition) is 2. The number of nitrogens with one attached hydrogen (secondary N) is 2. The molecule has 0 spiro atoms. The van der Waals surface area contributed by atoms with Crippen molar-refractivity contribution in [1.29, 1.82) is 0 Å². The molecule has 2 N–H and O–H groups in total. The fourth-order valence-corrected chi connectivity index (χ4v) is 3.11. The number of aromatic nitrogens is 1. The zero-order chi connectivity index (χ0) is 19.1. The first-order chi connectivity index (χ1) is 13.2. The predicted molar refractivity (Wildman–Crippen MR) is 104 cm³/mol. The van der Waals surface area contributed by atoms with Gasteiger partial charge < -0.3 is 25.0 Å². The summed E-state index contributed by atoms with van der Waals surface area (Å²) in [5.74, 6) is 2.29. The average molecular weight is 370 g/mol. The molecular formula is C20H26N4O3. The summed E-state index contributed by atoms with van der Waals surface area (Å²) in [6, 6.07) is 9.32. The predicted octanol–water partition coefficient (Wildman–Crippen LogP) is 2.70. The van der Waals surface area contributed by atoms with Crippen LogP contribution in [0, 0.1) is 0 Å². The topological polar surface area (TPSA) is 75.7 Å². The first-order valence-electron chi connectivity index (χ1n) is 9.12. The maximum atomic E-state index is 12.1. The van der Waals surface area contributed by atoms with Gasteiger partial charge in [-0.25, -0.2) is 9.78 Å². The molecule has 3 rings (SSSR count). The molecule has 1 aliphatic rings. The summed E-state index contributed by atoms with van der Waals surface area (Å²) >= 11 is 0. The molecule has 2 aromatic rings. The van der Waals surface area contributed by atoms with Gasteiger partial charge in [-0.15, -0.1) is 0 Å². The smallest absolute Gasteiger partial charge is 0.315 e. The molecule has 1 fully saturated rings. The van der Waals surface area contributed by atoms with Crippen LogP contribution in [-0.4, -0.2) is 38.3 Å². The maximum absolute atomic E-state index is 12.1. The van der Waals surface area contributed by atoms with Crippen molar-refractivity contribution in [3.63, 3.8) is 0 Å². The average Bonchev–Trinajstić information content (AvgIpc) is 3.25. The molecule has 7 nitrogen and oxygen atoms in total. The molecular weight excluding hydrogens is 344 g/mol. The van der Waals surface area contributed by atoms with Crippen LogP contribution in [0.2, 0.25) is 0 Å². The highest BCUT2D eigenvalue weighted by Gasteiger charge is 2.13. The number of benzene rings is 1. The van der Waals surface area contributed by atoms with Gasteiger partial charge in [-0.05, 0) is 48.2 Å². The fourth-order valence-electron chi connectivity index (χ4n) is 3.11. The van der Waals surface area contributed by atoms with E-state index in [9.17, 15) is 4.79 Å². The van der Waals surface area contributed by atoms with Crippen molar-refractivity contribution in [2.75, 3.05) is 32.2 Å². The van der Waals surface area contributed by atoms with Gasteiger partial charge in [0, 0.05) is 32.4 Å². The second kappa shape index (κ2) is 9.12. The van der Waals surface area contributed by atoms with Gasteiger partial charge in [-0.2, -0.15) is 0 Å². The van der Waals surface area contributed by atoms with E-state index in [1.807, 2.05) is 30.3 Å². The Bertz CT molecular complexity index is 776. The van der Waals surface area contributed by atoms with Gasteiger partial charge >= 0.3 is 6.03 Å². The first-order valence-corrected chi connectivity index (χ1v) is 9.12. The zero-order valence-corrected chi connectivity index (χ0v) is 15.8. The minimum atomic E-state index is -0.218. The van der Waals surface area contributed by atoms with Crippen molar-refractivity contribution in [1.82, 2.24) is 15.6 Å². The van der Waals surface area contributed by atoms with Crippen LogP contribution in [-0.2, 0) is 13.1 Å². The normalized spacial score (nSPS) is 13.3. The van der Waals surface area contributed by atoms with Crippen LogP contribution in [0.4, 0.5) is 10.6 Å². The third-order valence-corrected chi connectivity index (χ3v) is 4.59. The highest BCUT2D eigenvalue weighted by Crippen LogP contribution is 2.27. The summed E-state index contributed by atoms with van der Waals surface area (Å²) in [4.78, 5) is 18.8. The molecule has 0 atom stereocenters. The van der Waals surface area contributed by atoms with Gasteiger partial charge in [0.2, 0.25) is 0 Å². The van der Waals surface area contributed by atoms with Crippen molar-refractivity contribution in [3.05, 3.63) is 47.7 Å². The van der Waals surface area contributed by atoms with Gasteiger partial charge in [0.05, 0.1) is 14.2 Å². The van der Waals surface area contributed by atoms with E-state index in [0.29, 0.717) is 24.6 Å². The van der Waals surface area contributed by atoms with Gasteiger partial charge in [0.1, 0.15) is 5.82 Å². The van der Waals surface area contributed by atoms with E-state index in [0.717, 1.165) is 30.0 Å². The number of nitrogens with zero attached hydrogens (tertiary/aromatic N) is 2. The van der Waals surface area contributed by atoms with Crippen LogP contribution in [0.15, 0.2) is 36.5 Å². The van der Waals surface area contributed by atoms with Crippen LogP contribution in [0.3, 0.4) is 0 Å². The Morgan fingerprint density at radius 2 is 1.67 bits per heavy atom. The molecule has 2 heterocycles. The lowest BCUT2D eigenvalue weighted by atomic mass is 10.2. The Morgan fingerprint density at radius 1 is 1.00 bits per heavy atom. The number of carbonyl (C=O) groups excluding carboxylic acids is 1. The molecule has 2 amide bonds. The second-order valence-corrected chi connectivity index (χ2v) is 6.44. The highest BCUT2D eigenvalue weighted by atomic mass is 16.5. The van der Waals surface area contributed by atoms with Crippen LogP contribution in [0.1, 0.15) is 24.0 Å². The van der Waals surface area contributed by atoms with Gasteiger partial charge in [-0.3, -0.25) is 0 Å². The molecule has 0 unspecified atom stereocenters. The van der Waals surface area contributed by atoms with E-state index in [2.05, 4.69) is 20.5 Å². The van der Waals surface area contributed by atoms with E-state index in [1.165, 1.54) is 12.8 Å². The molecule has 1 aromatic heterocycles. The maximum Gasteiger partial charge on any atom is 0.315 e. The largest absolute Gasteiger partial charge is 0.493 e. The van der Waals surface area contributed by atoms with Crippen molar-refractivity contribution in [2.24, 2.45) is 0 Å². The lowest BCUT2D eigenvalue weighted by Crippen LogP contribution is -2.34. The van der Waals surface area contributed by atoms with Crippen molar-refractivity contribution < 1.29 is 14.3 Å². The number of pyridine rings is 1. The van der Waals surface area contributed by atoms with Crippen LogP contribution in [0.5, 0.6) is 11.5 Å². The number of hydrogen-bond acceptors (Lipinski definition) is 5. The monoisotopic (exact) mass is 370 g/mol. The molecule has 7 heteroatoms. The number of methoxy groups -OCH3 is 2. The molecule has 144 valence electrons. The van der Waals surface area contributed by atoms with Crippen LogP contribution >= 0.6 is 0 Å². The SMILES string of the molecule is COc1ccc(CNC(=O)NCc2ccnc(N3CCCC3)c2)cc1OC. The third kappa shape index (κ3) is 5.03. The quantitative estimate of drug-likeness (QED) is 0.784. The van der Waals surface area contributed by atoms with E-state index >= 15 is 0 Å². The fraction of sp³-hybridized carbons (Fsp3) is 0.400. The van der Waals surface area contributed by atoms with Crippen molar-refractivity contribution in [3.8, 4) is 11.5 Å². The summed E-state index contributed by atoms with van der Waals surface area (Å²) in [5, 5.41) is 5.74. The molecule has 1 aromatic carbocycles. The highest BCUT2D eigenvalue weighted by molar-refractivity contribution is 5.73. The lowest BCUT2D eigenvalue weighted by Gasteiger charge is -2.17. The molecule has 0 saturated carbocycles. The molecule has 0 bridgehead atoms. The van der Waals surface area contributed by atoms with E-state index in [4.69, 9.17) is 9.47 Å². The molecule has 1 saturated heterocycles. The van der Waals surface area contributed by atoms with Gasteiger partial charge in [0.25, 0.3) is 0 Å². The minimum Gasteiger partial charge on any atom is -0.493 e. The standard InChI is InChI=1S/C20H26N4O3/c1-26-17-6-5-15(11-18(17)27-2)13-22-20(25)23-14-16-7-8-21-19(12-16)24-9-3-4-10-24/h5-8,11-12H,3-4,9-10,13-14H2,1-2H3,(H2,22,23,25). The number of amides is 2. The number of carbonyl (C=O) groups is 1. The number of rotatable bonds is 7. The molecule has 0 aliphatic carbocycles. The number of ether oxygens (including phenoxy) is 2. The molecule has 1 aliphatic heterocycles. The minimum absolute atomic E-state index is 0.218. The van der Waals surface area contributed by atoms with E-state index in [-0.39, 0.29) is 6.03 Å². The Kier molecular flexibility index (Phi) is 6.35. The third-order valence-electron chi connectivity index (χ3n) is 4.59. The molecule has 0 radical (unpaired) electrons. The number of urea groups is 1. The summed E-state index contributed by atoms with van der Waals surface area (Å²) in [5.41, 5.74) is 1.97. The zero-order valence-electron chi connectivity index (χ0n) is 15.8. The number of anilines is 1. The Morgan fingerprint density at radius 3 is 2.33 bits per heavy atom. The summed E-state index contributed by atoms with van der Waals surface area (Å²) in [6.07, 6.45) is 4.22. The van der Waals surface area contributed by atoms with Crippen LogP contribution in [0.25, 0.3) is 0 Å². The Hall–Kier alpha value is -2.96. The summed E-state index contributed by atoms with van der Waals surface area (Å²) in [7, 11) is 3.18. The van der Waals surface area contributed by atoms with Crippen molar-refractivity contribution in [2.45, 2.75) is 25.9 Å². The summed E-state index contributed by atoms with van der Waals surface area (Å²) in [6.45, 7) is 2.97. The first kappa shape index (κ1) is 18.8. The second-order valence-electron chi connectivity index (χ2n) is 6.44. The molecule has 27 heavy (non-hydrogen) atoms. The summed E-state index contributed by atoms with van der Waals surface area (Å²) < 4.78 is 10.5. The van der Waals surface area contributed by atoms with E-state index < -0.39 is 0 Å². The van der Waals surface area contributed by atoms with Crippen LogP contribution < -0.4 is 25.0 Å². The lowest BCUT2D eigenvalue weighted by molar-refractivity contribution is 0.240.